The van der Waals surface area contributed by atoms with Crippen LogP contribution in [-0.4, -0.2) is 18.2 Å². The Balaban J connectivity index is 2.81. The van der Waals surface area contributed by atoms with Crippen molar-refractivity contribution in [2.24, 2.45) is 0 Å². The first-order valence-corrected chi connectivity index (χ1v) is 5.65. The molecule has 0 aliphatic rings. The zero-order valence-electron chi connectivity index (χ0n) is 9.98. The lowest BCUT2D eigenvalue weighted by Crippen LogP contribution is -2.24. The van der Waals surface area contributed by atoms with Gasteiger partial charge in [-0.3, -0.25) is 0 Å². The zero-order chi connectivity index (χ0) is 12.0. The lowest BCUT2D eigenvalue weighted by atomic mass is 10.1. The number of benzene rings is 1. The molecule has 0 unspecified atom stereocenters. The average molecular weight is 217 g/mol. The standard InChI is InChI=1S/C14H19NO/c1-4-10-15(11-5-2)14-8-6-13(7-9-14)12(3)16/h1,6-9,12,16H,5,10-11H2,2-3H3/t12-/m0/s1. The maximum absolute atomic E-state index is 9.41. The van der Waals surface area contributed by atoms with Crippen LogP contribution in [-0.2, 0) is 0 Å². The molecule has 0 heterocycles. The van der Waals surface area contributed by atoms with Crippen LogP contribution in [0.5, 0.6) is 0 Å². The van der Waals surface area contributed by atoms with Crippen molar-refractivity contribution in [3.05, 3.63) is 29.8 Å². The number of anilines is 1. The van der Waals surface area contributed by atoms with E-state index >= 15 is 0 Å². The summed E-state index contributed by atoms with van der Waals surface area (Å²) in [7, 11) is 0. The molecule has 0 amide bonds. The Bertz CT molecular complexity index is 348. The van der Waals surface area contributed by atoms with Crippen LogP contribution < -0.4 is 4.90 Å². The average Bonchev–Trinajstić information content (AvgIpc) is 2.29. The first kappa shape index (κ1) is 12.6. The van der Waals surface area contributed by atoms with E-state index in [-0.39, 0.29) is 0 Å². The lowest BCUT2D eigenvalue weighted by molar-refractivity contribution is 0.199. The molecule has 2 nitrogen and oxygen atoms in total. The number of aliphatic hydroxyl groups is 1. The molecule has 0 aliphatic carbocycles. The predicted molar refractivity (Wildman–Crippen MR) is 68.4 cm³/mol. The summed E-state index contributed by atoms with van der Waals surface area (Å²) in [6, 6.07) is 7.91. The summed E-state index contributed by atoms with van der Waals surface area (Å²) >= 11 is 0. The van der Waals surface area contributed by atoms with Gasteiger partial charge in [-0.05, 0) is 31.0 Å². The van der Waals surface area contributed by atoms with E-state index in [9.17, 15) is 5.11 Å². The van der Waals surface area contributed by atoms with Crippen LogP contribution in [0.4, 0.5) is 5.69 Å². The second-order valence-electron chi connectivity index (χ2n) is 3.89. The maximum Gasteiger partial charge on any atom is 0.0791 e. The van der Waals surface area contributed by atoms with Crippen LogP contribution in [0.1, 0.15) is 31.9 Å². The summed E-state index contributed by atoms with van der Waals surface area (Å²) in [5.74, 6) is 2.67. The Morgan fingerprint density at radius 2 is 2.00 bits per heavy atom. The van der Waals surface area contributed by atoms with Gasteiger partial charge in [0.25, 0.3) is 0 Å². The maximum atomic E-state index is 9.41. The Morgan fingerprint density at radius 3 is 2.44 bits per heavy atom. The molecule has 86 valence electrons. The molecule has 0 bridgehead atoms. The summed E-state index contributed by atoms with van der Waals surface area (Å²) < 4.78 is 0. The molecule has 1 aromatic rings. The number of terminal acetylenes is 1. The van der Waals surface area contributed by atoms with Gasteiger partial charge in [0, 0.05) is 12.2 Å². The first-order chi connectivity index (χ1) is 7.69. The Kier molecular flexibility index (Phi) is 4.88. The molecule has 1 atom stereocenters. The van der Waals surface area contributed by atoms with E-state index < -0.39 is 6.10 Å². The SMILES string of the molecule is C#CCN(CCC)c1ccc([C@H](C)O)cc1. The van der Waals surface area contributed by atoms with Crippen LogP contribution in [0.3, 0.4) is 0 Å². The molecule has 0 aliphatic heterocycles. The quantitative estimate of drug-likeness (QED) is 0.766. The van der Waals surface area contributed by atoms with Crippen LogP contribution in [0.2, 0.25) is 0 Å². The zero-order valence-corrected chi connectivity index (χ0v) is 9.98. The van der Waals surface area contributed by atoms with Crippen LogP contribution in [0.25, 0.3) is 0 Å². The smallest absolute Gasteiger partial charge is 0.0791 e. The molecule has 0 aromatic heterocycles. The highest BCUT2D eigenvalue weighted by molar-refractivity contribution is 5.48. The molecule has 1 N–H and O–H groups in total. The van der Waals surface area contributed by atoms with Crippen LogP contribution in [0, 0.1) is 12.3 Å². The van der Waals surface area contributed by atoms with Gasteiger partial charge in [0.2, 0.25) is 0 Å². The molecule has 0 fully saturated rings. The highest BCUT2D eigenvalue weighted by Gasteiger charge is 2.05. The fraction of sp³-hybridized carbons (Fsp3) is 0.429. The second kappa shape index (κ2) is 6.19. The topological polar surface area (TPSA) is 23.5 Å². The molecule has 0 spiro atoms. The molecular weight excluding hydrogens is 198 g/mol. The minimum atomic E-state index is -0.415. The van der Waals surface area contributed by atoms with Gasteiger partial charge in [0.15, 0.2) is 0 Å². The molecule has 2 heteroatoms. The van der Waals surface area contributed by atoms with Crippen molar-refractivity contribution in [2.45, 2.75) is 26.4 Å². The van der Waals surface area contributed by atoms with Crippen molar-refractivity contribution in [3.8, 4) is 12.3 Å². The third-order valence-electron chi connectivity index (χ3n) is 2.52. The summed E-state index contributed by atoms with van der Waals surface area (Å²) in [6.45, 7) is 5.48. The Hall–Kier alpha value is -1.46. The van der Waals surface area contributed by atoms with Crippen molar-refractivity contribution in [3.63, 3.8) is 0 Å². The van der Waals surface area contributed by atoms with Crippen LogP contribution >= 0.6 is 0 Å². The first-order valence-electron chi connectivity index (χ1n) is 5.65. The second-order valence-corrected chi connectivity index (χ2v) is 3.89. The fourth-order valence-electron chi connectivity index (χ4n) is 1.64. The normalized spacial score (nSPS) is 11.9. The number of hydrogen-bond acceptors (Lipinski definition) is 2. The van der Waals surface area contributed by atoms with Crippen molar-refractivity contribution >= 4 is 5.69 Å². The van der Waals surface area contributed by atoms with E-state index in [4.69, 9.17) is 6.42 Å². The third-order valence-corrected chi connectivity index (χ3v) is 2.52. The van der Waals surface area contributed by atoms with Crippen molar-refractivity contribution in [1.82, 2.24) is 0 Å². The molecular formula is C14H19NO. The van der Waals surface area contributed by atoms with Gasteiger partial charge in [-0.15, -0.1) is 6.42 Å². The third kappa shape index (κ3) is 3.29. The van der Waals surface area contributed by atoms with E-state index in [0.29, 0.717) is 6.54 Å². The van der Waals surface area contributed by atoms with Gasteiger partial charge in [0.1, 0.15) is 0 Å². The van der Waals surface area contributed by atoms with E-state index in [2.05, 4.69) is 17.7 Å². The van der Waals surface area contributed by atoms with Gasteiger partial charge < -0.3 is 10.0 Å². The summed E-state index contributed by atoms with van der Waals surface area (Å²) in [5.41, 5.74) is 2.05. The van der Waals surface area contributed by atoms with E-state index in [1.807, 2.05) is 24.3 Å². The highest BCUT2D eigenvalue weighted by Crippen LogP contribution is 2.19. The number of rotatable bonds is 5. The predicted octanol–water partition coefficient (Wildman–Crippen LogP) is 2.59. The molecule has 1 rings (SSSR count). The van der Waals surface area contributed by atoms with Gasteiger partial charge in [-0.25, -0.2) is 0 Å². The number of aliphatic hydroxyl groups excluding tert-OH is 1. The van der Waals surface area contributed by atoms with E-state index in [1.165, 1.54) is 0 Å². The number of nitrogens with zero attached hydrogens (tertiary/aromatic N) is 1. The number of hydrogen-bond donors (Lipinski definition) is 1. The summed E-state index contributed by atoms with van der Waals surface area (Å²) in [6.07, 6.45) is 6.00. The molecule has 1 aromatic carbocycles. The monoisotopic (exact) mass is 217 g/mol. The Labute approximate surface area is 97.9 Å². The lowest BCUT2D eigenvalue weighted by Gasteiger charge is -2.22. The van der Waals surface area contributed by atoms with Crippen molar-refractivity contribution < 1.29 is 5.11 Å². The van der Waals surface area contributed by atoms with Crippen molar-refractivity contribution in [1.29, 1.82) is 0 Å². The van der Waals surface area contributed by atoms with Gasteiger partial charge >= 0.3 is 0 Å². The highest BCUT2D eigenvalue weighted by atomic mass is 16.3. The van der Waals surface area contributed by atoms with Gasteiger partial charge in [0.05, 0.1) is 12.6 Å². The largest absolute Gasteiger partial charge is 0.389 e. The molecule has 0 saturated heterocycles. The minimum absolute atomic E-state index is 0.415. The Morgan fingerprint density at radius 1 is 1.38 bits per heavy atom. The minimum Gasteiger partial charge on any atom is -0.389 e. The van der Waals surface area contributed by atoms with Gasteiger partial charge in [-0.1, -0.05) is 25.0 Å². The molecule has 0 radical (unpaired) electrons. The summed E-state index contributed by atoms with van der Waals surface area (Å²) in [5, 5.41) is 9.41. The molecule has 16 heavy (non-hydrogen) atoms. The molecule has 0 saturated carbocycles. The van der Waals surface area contributed by atoms with Gasteiger partial charge in [-0.2, -0.15) is 0 Å². The van der Waals surface area contributed by atoms with Crippen LogP contribution in [0.15, 0.2) is 24.3 Å². The fourth-order valence-corrected chi connectivity index (χ4v) is 1.64. The van der Waals surface area contributed by atoms with E-state index in [0.717, 1.165) is 24.2 Å². The summed E-state index contributed by atoms with van der Waals surface area (Å²) in [4.78, 5) is 2.16. The van der Waals surface area contributed by atoms with E-state index in [1.54, 1.807) is 6.92 Å². The van der Waals surface area contributed by atoms with Crippen molar-refractivity contribution in [2.75, 3.05) is 18.0 Å².